The largest absolute Gasteiger partial charge is 0.399 e. The number of nitrogens with one attached hydrogen (secondary N) is 3. The van der Waals surface area contributed by atoms with E-state index in [2.05, 4.69) is 28.1 Å². The lowest BCUT2D eigenvalue weighted by molar-refractivity contribution is 0.563. The van der Waals surface area contributed by atoms with Gasteiger partial charge in [-0.05, 0) is 107 Å². The first kappa shape index (κ1) is 22.1. The number of nitrogens with two attached hydrogens (primary N) is 2. The Balaban J connectivity index is 1.30. The summed E-state index contributed by atoms with van der Waals surface area (Å²) in [5.74, 6) is 0. The van der Waals surface area contributed by atoms with E-state index in [4.69, 9.17) is 11.5 Å². The van der Waals surface area contributed by atoms with E-state index in [0.29, 0.717) is 0 Å². The Kier molecular flexibility index (Phi) is 10.9. The monoisotopic (exact) mass is 383 g/mol. The zero-order valence-corrected chi connectivity index (χ0v) is 17.1. The van der Waals surface area contributed by atoms with Gasteiger partial charge in [0.05, 0.1) is 0 Å². The van der Waals surface area contributed by atoms with Crippen molar-refractivity contribution in [1.82, 2.24) is 10.6 Å². The lowest BCUT2D eigenvalue weighted by Gasteiger charge is -2.08. The van der Waals surface area contributed by atoms with Crippen LogP contribution in [0.5, 0.6) is 0 Å². The lowest BCUT2D eigenvalue weighted by Crippen LogP contribution is -2.21. The molecule has 0 aliphatic carbocycles. The molecule has 2 aromatic rings. The molecule has 0 radical (unpaired) electrons. The Bertz CT molecular complexity index is 567. The SMILES string of the molecule is Nc1ccc(CCCCNCCCCNCCCNc2ccc(N)cc2)cc1. The third kappa shape index (κ3) is 10.2. The van der Waals surface area contributed by atoms with Crippen LogP contribution in [0.4, 0.5) is 17.1 Å². The van der Waals surface area contributed by atoms with Crippen LogP contribution in [-0.2, 0) is 6.42 Å². The molecule has 0 amide bonds. The fourth-order valence-corrected chi connectivity index (χ4v) is 3.06. The highest BCUT2D eigenvalue weighted by Crippen LogP contribution is 2.10. The summed E-state index contributed by atoms with van der Waals surface area (Å²) in [4.78, 5) is 0. The summed E-state index contributed by atoms with van der Waals surface area (Å²) in [5, 5.41) is 10.5. The number of unbranched alkanes of at least 4 members (excludes halogenated alkanes) is 2. The molecule has 0 aromatic heterocycles. The van der Waals surface area contributed by atoms with Crippen LogP contribution in [0.15, 0.2) is 48.5 Å². The van der Waals surface area contributed by atoms with Gasteiger partial charge >= 0.3 is 0 Å². The van der Waals surface area contributed by atoms with Crippen molar-refractivity contribution < 1.29 is 0 Å². The first-order valence-electron chi connectivity index (χ1n) is 10.6. The van der Waals surface area contributed by atoms with E-state index in [1.807, 2.05) is 36.4 Å². The summed E-state index contributed by atoms with van der Waals surface area (Å²) < 4.78 is 0. The summed E-state index contributed by atoms with van der Waals surface area (Å²) >= 11 is 0. The van der Waals surface area contributed by atoms with Crippen LogP contribution in [0.2, 0.25) is 0 Å². The number of anilines is 3. The molecule has 28 heavy (non-hydrogen) atoms. The molecule has 0 atom stereocenters. The highest BCUT2D eigenvalue weighted by atomic mass is 14.9. The minimum atomic E-state index is 0.805. The maximum Gasteiger partial charge on any atom is 0.0341 e. The quantitative estimate of drug-likeness (QED) is 0.239. The fourth-order valence-electron chi connectivity index (χ4n) is 3.06. The molecule has 0 bridgehead atoms. The van der Waals surface area contributed by atoms with Crippen LogP contribution in [-0.4, -0.2) is 32.7 Å². The molecule has 154 valence electrons. The Labute approximate surface area is 170 Å². The Morgan fingerprint density at radius 1 is 0.536 bits per heavy atom. The Morgan fingerprint density at radius 3 is 1.64 bits per heavy atom. The van der Waals surface area contributed by atoms with E-state index >= 15 is 0 Å². The number of hydrogen-bond donors (Lipinski definition) is 5. The van der Waals surface area contributed by atoms with Gasteiger partial charge in [0.2, 0.25) is 0 Å². The van der Waals surface area contributed by atoms with E-state index in [1.165, 1.54) is 31.2 Å². The minimum absolute atomic E-state index is 0.805. The van der Waals surface area contributed by atoms with Crippen LogP contribution < -0.4 is 27.4 Å². The molecule has 0 saturated carbocycles. The van der Waals surface area contributed by atoms with Crippen molar-refractivity contribution in [2.75, 3.05) is 49.5 Å². The van der Waals surface area contributed by atoms with Crippen molar-refractivity contribution in [1.29, 1.82) is 0 Å². The molecule has 0 fully saturated rings. The summed E-state index contributed by atoms with van der Waals surface area (Å²) in [7, 11) is 0. The molecule has 0 aliphatic heterocycles. The predicted octanol–water partition coefficient (Wildman–Crippen LogP) is 3.64. The van der Waals surface area contributed by atoms with Gasteiger partial charge in [0.25, 0.3) is 0 Å². The summed E-state index contributed by atoms with van der Waals surface area (Å²) in [6, 6.07) is 16.1. The maximum absolute atomic E-state index is 5.71. The van der Waals surface area contributed by atoms with Gasteiger partial charge < -0.3 is 27.4 Å². The molecule has 0 saturated heterocycles. The zero-order chi connectivity index (χ0) is 19.9. The second-order valence-corrected chi connectivity index (χ2v) is 7.31. The number of hydrogen-bond acceptors (Lipinski definition) is 5. The van der Waals surface area contributed by atoms with Crippen LogP contribution in [0.1, 0.15) is 37.7 Å². The van der Waals surface area contributed by atoms with Crippen molar-refractivity contribution >= 4 is 17.1 Å². The number of benzene rings is 2. The van der Waals surface area contributed by atoms with Gasteiger partial charge in [-0.3, -0.25) is 0 Å². The predicted molar refractivity (Wildman–Crippen MR) is 123 cm³/mol. The molecule has 0 heterocycles. The second-order valence-electron chi connectivity index (χ2n) is 7.31. The first-order valence-corrected chi connectivity index (χ1v) is 10.6. The van der Waals surface area contributed by atoms with Gasteiger partial charge in [-0.15, -0.1) is 0 Å². The van der Waals surface area contributed by atoms with Gasteiger partial charge in [-0.1, -0.05) is 12.1 Å². The molecule has 2 rings (SSSR count). The van der Waals surface area contributed by atoms with Gasteiger partial charge in [-0.2, -0.15) is 0 Å². The van der Waals surface area contributed by atoms with E-state index in [-0.39, 0.29) is 0 Å². The third-order valence-corrected chi connectivity index (χ3v) is 4.78. The first-order chi connectivity index (χ1) is 13.7. The molecule has 0 aliphatic rings. The van der Waals surface area contributed by atoms with E-state index < -0.39 is 0 Å². The fraction of sp³-hybridized carbons (Fsp3) is 0.478. The zero-order valence-electron chi connectivity index (χ0n) is 17.1. The molecule has 7 N–H and O–H groups in total. The highest BCUT2D eigenvalue weighted by Gasteiger charge is 1.95. The molecule has 0 spiro atoms. The normalized spacial score (nSPS) is 10.9. The standard InChI is InChI=1S/C23H37N5/c24-21-9-7-20(8-10-21)6-1-2-15-26-16-3-4-17-27-18-5-19-28-23-13-11-22(25)12-14-23/h7-14,26-28H,1-6,15-19,24-25H2. The summed E-state index contributed by atoms with van der Waals surface area (Å²) in [6.07, 6.45) is 7.17. The van der Waals surface area contributed by atoms with Gasteiger partial charge in [0.15, 0.2) is 0 Å². The Hall–Kier alpha value is -2.24. The van der Waals surface area contributed by atoms with Crippen molar-refractivity contribution in [3.63, 3.8) is 0 Å². The average Bonchev–Trinajstić information content (AvgIpc) is 2.71. The maximum atomic E-state index is 5.71. The van der Waals surface area contributed by atoms with Crippen LogP contribution in [0.3, 0.4) is 0 Å². The van der Waals surface area contributed by atoms with Crippen molar-refractivity contribution in [3.8, 4) is 0 Å². The number of aryl methyl sites for hydroxylation is 1. The molecule has 5 nitrogen and oxygen atoms in total. The molecular formula is C23H37N5. The van der Waals surface area contributed by atoms with E-state index in [0.717, 1.165) is 62.6 Å². The van der Waals surface area contributed by atoms with Crippen LogP contribution >= 0.6 is 0 Å². The van der Waals surface area contributed by atoms with E-state index in [1.54, 1.807) is 0 Å². The van der Waals surface area contributed by atoms with Gasteiger partial charge in [-0.25, -0.2) is 0 Å². The third-order valence-electron chi connectivity index (χ3n) is 4.78. The topological polar surface area (TPSA) is 88.1 Å². The average molecular weight is 384 g/mol. The van der Waals surface area contributed by atoms with Crippen molar-refractivity contribution in [2.45, 2.75) is 38.5 Å². The van der Waals surface area contributed by atoms with Gasteiger partial charge in [0.1, 0.15) is 0 Å². The minimum Gasteiger partial charge on any atom is -0.399 e. The van der Waals surface area contributed by atoms with Gasteiger partial charge in [0, 0.05) is 23.6 Å². The molecule has 5 heteroatoms. The van der Waals surface area contributed by atoms with Crippen LogP contribution in [0, 0.1) is 0 Å². The summed E-state index contributed by atoms with van der Waals surface area (Å²) in [5.41, 5.74) is 15.5. The summed E-state index contributed by atoms with van der Waals surface area (Å²) in [6.45, 7) is 5.36. The molecular weight excluding hydrogens is 346 g/mol. The van der Waals surface area contributed by atoms with Crippen molar-refractivity contribution in [2.24, 2.45) is 0 Å². The van der Waals surface area contributed by atoms with Crippen molar-refractivity contribution in [3.05, 3.63) is 54.1 Å². The number of rotatable bonds is 15. The highest BCUT2D eigenvalue weighted by molar-refractivity contribution is 5.51. The molecule has 2 aromatic carbocycles. The lowest BCUT2D eigenvalue weighted by atomic mass is 10.1. The smallest absolute Gasteiger partial charge is 0.0341 e. The number of nitrogen functional groups attached to an aromatic ring is 2. The van der Waals surface area contributed by atoms with Crippen LogP contribution in [0.25, 0.3) is 0 Å². The second kappa shape index (κ2) is 13.9. The molecule has 0 unspecified atom stereocenters. The van der Waals surface area contributed by atoms with E-state index in [9.17, 15) is 0 Å². The Morgan fingerprint density at radius 2 is 1.04 bits per heavy atom.